The van der Waals surface area contributed by atoms with Crippen LogP contribution in [0.3, 0.4) is 0 Å². The van der Waals surface area contributed by atoms with Gasteiger partial charge in [0.2, 0.25) is 0 Å². The summed E-state index contributed by atoms with van der Waals surface area (Å²) in [6, 6.07) is 3.81. The molecule has 0 aliphatic heterocycles. The van der Waals surface area contributed by atoms with Crippen LogP contribution in [0.15, 0.2) is 18.2 Å². The summed E-state index contributed by atoms with van der Waals surface area (Å²) in [6.07, 6.45) is 3.58. The first kappa shape index (κ1) is 13.5. The largest absolute Gasteiger partial charge is 0.207 e. The summed E-state index contributed by atoms with van der Waals surface area (Å²) in [5, 5.41) is 0. The molecule has 2 rings (SSSR count). The summed E-state index contributed by atoms with van der Waals surface area (Å²) >= 11 is 0. The van der Waals surface area contributed by atoms with E-state index in [-0.39, 0.29) is 17.6 Å². The minimum Gasteiger partial charge on any atom is -0.207 e. The van der Waals surface area contributed by atoms with Crippen LogP contribution in [0.4, 0.5) is 8.78 Å². The second-order valence-electron chi connectivity index (χ2n) is 6.01. The molecule has 1 aromatic carbocycles. The second-order valence-corrected chi connectivity index (χ2v) is 6.01. The standard InChI is InChI=1S/C16H22F2/c1-10-4-5-11(2)14(8-10)12(3)15-9-13(17)6-7-16(15)18/h6-7,9-12,14H,4-5,8H2,1-3H3. The normalized spacial score (nSPS) is 30.2. The van der Waals surface area contributed by atoms with E-state index in [1.807, 2.05) is 6.92 Å². The third-order valence-corrected chi connectivity index (χ3v) is 4.61. The van der Waals surface area contributed by atoms with E-state index in [0.29, 0.717) is 23.3 Å². The summed E-state index contributed by atoms with van der Waals surface area (Å²) in [6.45, 7) is 6.54. The SMILES string of the molecule is CC1CCC(C)C(C(C)c2cc(F)ccc2F)C1. The van der Waals surface area contributed by atoms with Crippen LogP contribution in [0.2, 0.25) is 0 Å². The van der Waals surface area contributed by atoms with Gasteiger partial charge in [0.1, 0.15) is 11.6 Å². The van der Waals surface area contributed by atoms with E-state index in [4.69, 9.17) is 0 Å². The fourth-order valence-corrected chi connectivity index (χ4v) is 3.37. The van der Waals surface area contributed by atoms with Gasteiger partial charge in [0.25, 0.3) is 0 Å². The van der Waals surface area contributed by atoms with Gasteiger partial charge in [-0.25, -0.2) is 8.78 Å². The van der Waals surface area contributed by atoms with E-state index in [1.54, 1.807) is 0 Å². The van der Waals surface area contributed by atoms with E-state index in [1.165, 1.54) is 31.0 Å². The molecule has 0 amide bonds. The lowest BCUT2D eigenvalue weighted by Crippen LogP contribution is -2.26. The van der Waals surface area contributed by atoms with Crippen LogP contribution in [0, 0.1) is 29.4 Å². The molecule has 1 aliphatic rings. The van der Waals surface area contributed by atoms with Crippen molar-refractivity contribution in [3.63, 3.8) is 0 Å². The zero-order valence-electron chi connectivity index (χ0n) is 11.4. The van der Waals surface area contributed by atoms with Crippen molar-refractivity contribution in [2.75, 3.05) is 0 Å². The molecule has 0 saturated heterocycles. The van der Waals surface area contributed by atoms with Gasteiger partial charge in [0, 0.05) is 0 Å². The van der Waals surface area contributed by atoms with Crippen molar-refractivity contribution in [3.05, 3.63) is 35.4 Å². The molecule has 2 heteroatoms. The van der Waals surface area contributed by atoms with Crippen molar-refractivity contribution in [1.29, 1.82) is 0 Å². The molecule has 1 saturated carbocycles. The zero-order chi connectivity index (χ0) is 13.3. The first-order valence-corrected chi connectivity index (χ1v) is 6.94. The summed E-state index contributed by atoms with van der Waals surface area (Å²) in [5.41, 5.74) is 0.543. The smallest absolute Gasteiger partial charge is 0.126 e. The molecular formula is C16H22F2. The Kier molecular flexibility index (Phi) is 4.04. The van der Waals surface area contributed by atoms with Gasteiger partial charge in [-0.2, -0.15) is 0 Å². The maximum Gasteiger partial charge on any atom is 0.126 e. The topological polar surface area (TPSA) is 0 Å². The maximum absolute atomic E-state index is 13.8. The molecule has 0 aromatic heterocycles. The lowest BCUT2D eigenvalue weighted by atomic mass is 9.68. The molecule has 1 aliphatic carbocycles. The quantitative estimate of drug-likeness (QED) is 0.683. The van der Waals surface area contributed by atoms with Crippen LogP contribution < -0.4 is 0 Å². The average Bonchev–Trinajstić information content (AvgIpc) is 2.34. The Morgan fingerprint density at radius 3 is 2.61 bits per heavy atom. The second kappa shape index (κ2) is 5.38. The van der Waals surface area contributed by atoms with Crippen LogP contribution in [-0.4, -0.2) is 0 Å². The van der Waals surface area contributed by atoms with Crippen LogP contribution in [0.25, 0.3) is 0 Å². The lowest BCUT2D eigenvalue weighted by molar-refractivity contribution is 0.177. The molecule has 0 spiro atoms. The highest BCUT2D eigenvalue weighted by molar-refractivity contribution is 5.23. The Hall–Kier alpha value is -0.920. The lowest BCUT2D eigenvalue weighted by Gasteiger charge is -2.37. The Morgan fingerprint density at radius 2 is 1.89 bits per heavy atom. The number of rotatable bonds is 2. The Labute approximate surface area is 108 Å². The van der Waals surface area contributed by atoms with E-state index in [2.05, 4.69) is 13.8 Å². The molecule has 1 aromatic rings. The Morgan fingerprint density at radius 1 is 1.17 bits per heavy atom. The molecule has 4 atom stereocenters. The number of halogens is 2. The predicted octanol–water partition coefficient (Wildman–Crippen LogP) is 5.14. The highest BCUT2D eigenvalue weighted by atomic mass is 19.1. The molecule has 0 nitrogen and oxygen atoms in total. The third-order valence-electron chi connectivity index (χ3n) is 4.61. The highest BCUT2D eigenvalue weighted by Crippen LogP contribution is 2.42. The average molecular weight is 252 g/mol. The van der Waals surface area contributed by atoms with Gasteiger partial charge in [-0.1, -0.05) is 33.6 Å². The van der Waals surface area contributed by atoms with Crippen molar-refractivity contribution in [2.45, 2.75) is 46.0 Å². The van der Waals surface area contributed by atoms with Gasteiger partial charge < -0.3 is 0 Å². The van der Waals surface area contributed by atoms with Crippen molar-refractivity contribution < 1.29 is 8.78 Å². The van der Waals surface area contributed by atoms with Gasteiger partial charge in [0.15, 0.2) is 0 Å². The third kappa shape index (κ3) is 2.73. The van der Waals surface area contributed by atoms with E-state index < -0.39 is 0 Å². The van der Waals surface area contributed by atoms with Crippen molar-refractivity contribution in [2.24, 2.45) is 17.8 Å². The number of hydrogen-bond acceptors (Lipinski definition) is 0. The van der Waals surface area contributed by atoms with Crippen LogP contribution in [-0.2, 0) is 0 Å². The fraction of sp³-hybridized carbons (Fsp3) is 0.625. The Balaban J connectivity index is 2.23. The van der Waals surface area contributed by atoms with E-state index >= 15 is 0 Å². The van der Waals surface area contributed by atoms with Crippen molar-refractivity contribution in [1.82, 2.24) is 0 Å². The fourth-order valence-electron chi connectivity index (χ4n) is 3.37. The minimum atomic E-state index is -0.338. The Bertz CT molecular complexity index is 414. The monoisotopic (exact) mass is 252 g/mol. The van der Waals surface area contributed by atoms with Crippen LogP contribution >= 0.6 is 0 Å². The summed E-state index contributed by atoms with van der Waals surface area (Å²) in [4.78, 5) is 0. The van der Waals surface area contributed by atoms with Crippen LogP contribution in [0.1, 0.15) is 51.5 Å². The number of benzene rings is 1. The van der Waals surface area contributed by atoms with Crippen molar-refractivity contribution >= 4 is 0 Å². The molecular weight excluding hydrogens is 230 g/mol. The number of hydrogen-bond donors (Lipinski definition) is 0. The molecule has 0 radical (unpaired) electrons. The molecule has 0 heterocycles. The highest BCUT2D eigenvalue weighted by Gasteiger charge is 2.31. The minimum absolute atomic E-state index is 0.0958. The molecule has 4 unspecified atom stereocenters. The van der Waals surface area contributed by atoms with E-state index in [9.17, 15) is 8.78 Å². The molecule has 1 fully saturated rings. The molecule has 0 N–H and O–H groups in total. The van der Waals surface area contributed by atoms with Gasteiger partial charge in [-0.3, -0.25) is 0 Å². The zero-order valence-corrected chi connectivity index (χ0v) is 11.4. The summed E-state index contributed by atoms with van der Waals surface area (Å²) in [7, 11) is 0. The van der Waals surface area contributed by atoms with Gasteiger partial charge >= 0.3 is 0 Å². The first-order chi connectivity index (χ1) is 8.49. The van der Waals surface area contributed by atoms with Gasteiger partial charge in [0.05, 0.1) is 0 Å². The molecule has 0 bridgehead atoms. The molecule has 100 valence electrons. The van der Waals surface area contributed by atoms with Crippen molar-refractivity contribution in [3.8, 4) is 0 Å². The van der Waals surface area contributed by atoms with Gasteiger partial charge in [-0.05, 0) is 53.9 Å². The van der Waals surface area contributed by atoms with E-state index in [0.717, 1.165) is 6.42 Å². The van der Waals surface area contributed by atoms with Crippen LogP contribution in [0.5, 0.6) is 0 Å². The van der Waals surface area contributed by atoms with Gasteiger partial charge in [-0.15, -0.1) is 0 Å². The maximum atomic E-state index is 13.8. The first-order valence-electron chi connectivity index (χ1n) is 6.94. The summed E-state index contributed by atoms with van der Waals surface area (Å²) < 4.78 is 27.1. The predicted molar refractivity (Wildman–Crippen MR) is 70.4 cm³/mol. The molecule has 18 heavy (non-hydrogen) atoms. The summed E-state index contributed by atoms with van der Waals surface area (Å²) in [5.74, 6) is 1.25.